The van der Waals surface area contributed by atoms with Gasteiger partial charge in [-0.15, -0.1) is 20.4 Å². The predicted molar refractivity (Wildman–Crippen MR) is 537 cm³/mol. The van der Waals surface area contributed by atoms with E-state index in [9.17, 15) is 19.2 Å². The van der Waals surface area contributed by atoms with Crippen LogP contribution in [0.5, 0.6) is 23.5 Å². The summed E-state index contributed by atoms with van der Waals surface area (Å²) in [6.45, 7) is 32.0. The lowest BCUT2D eigenvalue weighted by molar-refractivity contribution is -0.0317. The second kappa shape index (κ2) is 39.2. The number of halogens is 1. The maximum atomic E-state index is 13.8. The predicted octanol–water partition coefficient (Wildman–Crippen LogP) is 16.4. The molecule has 12 heterocycles. The molecule has 0 unspecified atom stereocenters. The molecular weight excluding hydrogens is 1760 g/mol. The quantitative estimate of drug-likeness (QED) is 0.0171. The number of fused-ring (bicyclic) bond motifs is 4. The van der Waals surface area contributed by atoms with Gasteiger partial charge in [-0.05, 0) is 146 Å². The van der Waals surface area contributed by atoms with E-state index in [-0.39, 0.29) is 33.3 Å². The van der Waals surface area contributed by atoms with E-state index in [1.165, 1.54) is 17.0 Å². The van der Waals surface area contributed by atoms with Gasteiger partial charge in [0.1, 0.15) is 27.9 Å². The number of ether oxygens (including phenoxy) is 4. The SMILES string of the molecule is C=CC(=C)Nc1cccc(Cn2cc(Nc3cn(C)nc3OC)c3ncc(C45CC(C4)C5)n3c2=O)c1.C=CC(=C)Nc1cccc(Cn2cc(Nc3cn(C)nc3OC)c3ncc(C4CC4)n3c2=O)c1.C=CC(=C)Nc1cccc(Cn2cc(Nc3cn(C)nc3OC)c3ncc(C4CCC4)n3c2=O)c1.C=CC(=C)Nc1cccc(Cn2cc(Nc3cn(C)nc3OC)c3ncc(Cl)n3c2=O)c1. The number of hydrogen-bond donors (Lipinski definition) is 8. The van der Waals surface area contributed by atoms with Gasteiger partial charge in [0.15, 0.2) is 22.6 Å². The number of nitrogens with zero attached hydrogens (tertiary/aromatic N) is 20. The van der Waals surface area contributed by atoms with Crippen molar-refractivity contribution in [1.29, 1.82) is 0 Å². The molecule has 2 bridgehead atoms. The van der Waals surface area contributed by atoms with Crippen molar-refractivity contribution in [1.82, 2.24) is 94.9 Å². The van der Waals surface area contributed by atoms with E-state index in [1.54, 1.807) is 129 Å². The van der Waals surface area contributed by atoms with Crippen LogP contribution in [0.2, 0.25) is 5.15 Å². The van der Waals surface area contributed by atoms with Gasteiger partial charge in [0.25, 0.3) is 23.5 Å². The van der Waals surface area contributed by atoms with E-state index in [1.807, 2.05) is 168 Å². The van der Waals surface area contributed by atoms with Crippen LogP contribution in [-0.2, 0) is 59.8 Å². The molecule has 37 heteroatoms. The van der Waals surface area contributed by atoms with Crippen LogP contribution >= 0.6 is 11.6 Å². The van der Waals surface area contributed by atoms with E-state index < -0.39 is 0 Å². The average Bonchev–Trinajstić information content (AvgIpc) is 1.58. The summed E-state index contributed by atoms with van der Waals surface area (Å²) in [6, 6.07) is 31.4. The number of nitrogens with one attached hydrogen (secondary N) is 8. The molecule has 137 heavy (non-hydrogen) atoms. The molecule has 8 N–H and O–H groups in total. The summed E-state index contributed by atoms with van der Waals surface area (Å²) < 4.78 is 41.6. The van der Waals surface area contributed by atoms with E-state index in [4.69, 9.17) is 35.5 Å². The van der Waals surface area contributed by atoms with Gasteiger partial charge in [0.2, 0.25) is 0 Å². The molecule has 0 atom stereocenters. The van der Waals surface area contributed by atoms with Crippen molar-refractivity contribution < 1.29 is 18.9 Å². The molecule has 5 aliphatic carbocycles. The van der Waals surface area contributed by atoms with Crippen LogP contribution < -0.4 is 84.2 Å². The second-order valence-corrected chi connectivity index (χ2v) is 34.7. The zero-order valence-corrected chi connectivity index (χ0v) is 78.2. The Bertz CT molecular complexity index is 7660. The molecule has 4 aromatic carbocycles. The van der Waals surface area contributed by atoms with Crippen molar-refractivity contribution in [3.63, 3.8) is 0 Å². The molecule has 0 amide bonds. The third-order valence-electron chi connectivity index (χ3n) is 24.4. The van der Waals surface area contributed by atoms with Gasteiger partial charge in [0.05, 0.1) is 132 Å². The van der Waals surface area contributed by atoms with Crippen molar-refractivity contribution in [2.24, 2.45) is 34.1 Å². The van der Waals surface area contributed by atoms with Crippen LogP contribution in [0.4, 0.5) is 68.2 Å². The summed E-state index contributed by atoms with van der Waals surface area (Å²) in [5.74, 6) is 3.34. The Labute approximate surface area is 792 Å². The summed E-state index contributed by atoms with van der Waals surface area (Å²) in [5, 5.41) is 43.6. The van der Waals surface area contributed by atoms with Crippen LogP contribution in [0.25, 0.3) is 22.6 Å². The molecule has 702 valence electrons. The lowest BCUT2D eigenvalue weighted by atomic mass is 9.43. The molecule has 0 aliphatic heterocycles. The number of methoxy groups -OCH3 is 4. The van der Waals surface area contributed by atoms with Crippen molar-refractivity contribution in [3.8, 4) is 23.5 Å². The largest absolute Gasteiger partial charge is 0.478 e. The molecule has 0 saturated heterocycles. The Morgan fingerprint density at radius 3 is 0.956 bits per heavy atom. The summed E-state index contributed by atoms with van der Waals surface area (Å²) in [4.78, 5) is 72.4. The zero-order valence-electron chi connectivity index (χ0n) is 77.4. The molecule has 16 aromatic rings. The molecule has 0 spiro atoms. The van der Waals surface area contributed by atoms with Gasteiger partial charge >= 0.3 is 22.8 Å². The Morgan fingerprint density at radius 1 is 0.387 bits per heavy atom. The van der Waals surface area contributed by atoms with Gasteiger partial charge in [0, 0.05) is 128 Å². The number of aryl methyl sites for hydroxylation is 4. The van der Waals surface area contributed by atoms with Gasteiger partial charge in [-0.25, -0.2) is 56.7 Å². The number of benzene rings is 4. The van der Waals surface area contributed by atoms with Gasteiger partial charge in [-0.1, -0.05) is 119 Å². The van der Waals surface area contributed by atoms with Gasteiger partial charge in [-0.2, -0.15) is 0 Å². The minimum absolute atomic E-state index is 0.0839. The van der Waals surface area contributed by atoms with Gasteiger partial charge < -0.3 is 61.5 Å². The first-order valence-corrected chi connectivity index (χ1v) is 44.8. The fourth-order valence-electron chi connectivity index (χ4n) is 17.3. The standard InChI is InChI=1S/C27H29N7O2.C26H29N7O2.C25H27N7O2.C22H22ClN7O2/c1-5-17(2)29-20-8-6-7-18(9-20)14-33-16-21(30-22-15-32(3)31-25(22)36-4)24-28-13-23(34(24)26(33)35)27-10-19(11-27)12-27;1-5-17(2)28-20-11-6-8-18(12-20)14-32-16-21(29-22-15-31(3)30-25(22)35-4)24-27-13-23(19-9-7-10-19)33(24)26(32)34;1-5-16(2)27-19-8-6-7-17(11-19)13-31-15-20(28-21-14-30(3)29-24(21)34-4)23-26-12-22(18-9-10-18)32(23)25(31)33;1-5-14(2)25-16-8-6-7-15(9-16)11-29-13-17(20-24-10-19(23)30(20)22(29)31)26-18-12-28(3)27-21(18)32-4/h5-9,13,15-16,19,29-30H,1-2,10-12,14H2,3-4H3;5-6,8,11-13,15-16,19,28-29H,1-2,7,9-10,14H2,3-4H3;5-8,11-12,14-15,18,27-28H,1-2,9-10,13H2,3-4H3;5-10,12-13,25-26H,1-2,11H2,3-4H3. The summed E-state index contributed by atoms with van der Waals surface area (Å²) in [6.07, 6.45) is 36.9. The highest BCUT2D eigenvalue weighted by atomic mass is 35.5. The first kappa shape index (κ1) is 92.1. The van der Waals surface area contributed by atoms with E-state index >= 15 is 0 Å². The number of aromatic nitrogens is 20. The number of rotatable bonds is 35. The monoisotopic (exact) mass is 1860 g/mol. The third-order valence-corrected chi connectivity index (χ3v) is 24.6. The molecule has 12 aromatic heterocycles. The highest BCUT2D eigenvalue weighted by Gasteiger charge is 2.59. The van der Waals surface area contributed by atoms with Gasteiger partial charge in [-0.3, -0.25) is 37.0 Å². The minimum atomic E-state index is -0.305. The number of imidazole rings is 4. The zero-order chi connectivity index (χ0) is 96.2. The van der Waals surface area contributed by atoms with Crippen molar-refractivity contribution in [3.05, 3.63) is 358 Å². The molecule has 21 rings (SSSR count). The number of hydrogen-bond acceptors (Lipinski definition) is 24. The highest BCUT2D eigenvalue weighted by molar-refractivity contribution is 6.29. The minimum Gasteiger partial charge on any atom is -0.478 e. The van der Waals surface area contributed by atoms with Crippen molar-refractivity contribution >= 4 is 102 Å². The molecular formula is C100H107ClN28O8. The maximum Gasteiger partial charge on any atom is 0.335 e. The topological polar surface area (TPSA) is 362 Å². The Balaban J connectivity index is 0.000000127. The molecule has 5 aliphatic rings. The second-order valence-electron chi connectivity index (χ2n) is 34.3. The fraction of sp³-hybridized carbons (Fsp3) is 0.240. The average molecular weight is 1860 g/mol. The van der Waals surface area contributed by atoms with Crippen LogP contribution in [0.1, 0.15) is 103 Å². The number of anilines is 12. The van der Waals surface area contributed by atoms with E-state index in [0.717, 1.165) is 113 Å². The van der Waals surface area contributed by atoms with Crippen LogP contribution in [0.15, 0.2) is 290 Å². The molecule has 0 radical (unpaired) electrons. The fourth-order valence-corrected chi connectivity index (χ4v) is 17.5. The number of allylic oxidation sites excluding steroid dienone is 4. The van der Waals surface area contributed by atoms with Crippen molar-refractivity contribution in [2.45, 2.75) is 94.8 Å². The summed E-state index contributed by atoms with van der Waals surface area (Å²) in [7, 11) is 13.6. The van der Waals surface area contributed by atoms with Crippen LogP contribution in [-0.4, -0.2) is 123 Å². The van der Waals surface area contributed by atoms with Crippen molar-refractivity contribution in [2.75, 3.05) is 71.0 Å². The molecule has 36 nitrogen and oxygen atoms in total. The van der Waals surface area contributed by atoms with E-state index in [0.29, 0.717) is 152 Å². The Kier molecular flexibility index (Phi) is 26.3. The molecule has 5 fully saturated rings. The van der Waals surface area contributed by atoms with Crippen LogP contribution in [0, 0.1) is 5.92 Å². The maximum absolute atomic E-state index is 13.8. The highest BCUT2D eigenvalue weighted by Crippen LogP contribution is 2.65. The van der Waals surface area contributed by atoms with Crippen LogP contribution in [0.3, 0.4) is 0 Å². The lowest BCUT2D eigenvalue weighted by Crippen LogP contribution is -2.56. The molecule has 5 saturated carbocycles. The smallest absolute Gasteiger partial charge is 0.335 e. The normalized spacial score (nSPS) is 14.4. The summed E-state index contributed by atoms with van der Waals surface area (Å²) >= 11 is 6.28. The lowest BCUT2D eigenvalue weighted by Gasteiger charge is -2.61. The Morgan fingerprint density at radius 2 is 0.672 bits per heavy atom. The third kappa shape index (κ3) is 19.6. The first-order valence-electron chi connectivity index (χ1n) is 44.4. The van der Waals surface area contributed by atoms with E-state index in [2.05, 4.69) is 131 Å². The first-order chi connectivity index (χ1) is 66.2. The summed E-state index contributed by atoms with van der Waals surface area (Å²) in [5.41, 5.74) is 20.2. The Hall–Kier alpha value is -16.8.